The zero-order valence-corrected chi connectivity index (χ0v) is 15.6. The van der Waals surface area contributed by atoms with Crippen LogP contribution in [0.25, 0.3) is 10.9 Å². The van der Waals surface area contributed by atoms with Gasteiger partial charge >= 0.3 is 0 Å². The van der Waals surface area contributed by atoms with Crippen molar-refractivity contribution in [3.8, 4) is 0 Å². The van der Waals surface area contributed by atoms with Crippen LogP contribution in [0.4, 0.5) is 0 Å². The van der Waals surface area contributed by atoms with Gasteiger partial charge in [0.2, 0.25) is 0 Å². The summed E-state index contributed by atoms with van der Waals surface area (Å²) in [6.07, 6.45) is 0. The number of aromatic amines is 1. The molecule has 24 heavy (non-hydrogen) atoms. The van der Waals surface area contributed by atoms with E-state index in [9.17, 15) is 4.79 Å². The number of amides is 1. The van der Waals surface area contributed by atoms with Crippen molar-refractivity contribution in [3.63, 3.8) is 0 Å². The molecule has 0 saturated carbocycles. The molecule has 0 aliphatic heterocycles. The average Bonchev–Trinajstić information content (AvgIpc) is 3.16. The average molecular weight is 341 g/mol. The van der Waals surface area contributed by atoms with Gasteiger partial charge in [-0.2, -0.15) is 0 Å². The van der Waals surface area contributed by atoms with Gasteiger partial charge in [-0.3, -0.25) is 4.79 Å². The summed E-state index contributed by atoms with van der Waals surface area (Å²) in [5, 5.41) is 2.18. The first kappa shape index (κ1) is 16.7. The molecule has 4 nitrogen and oxygen atoms in total. The number of H-pyrrole nitrogens is 1. The largest absolute Gasteiger partial charge is 0.357 e. The maximum atomic E-state index is 12.9. The van der Waals surface area contributed by atoms with Gasteiger partial charge in [0, 0.05) is 24.2 Å². The molecule has 0 aliphatic rings. The summed E-state index contributed by atoms with van der Waals surface area (Å²) in [4.78, 5) is 23.4. The minimum Gasteiger partial charge on any atom is -0.357 e. The SMILES string of the molecule is Cc1nc(C(C)C)sc1C(=O)N(C)[C@H](C)c1cc2ccccc2[nH]1. The van der Waals surface area contributed by atoms with E-state index in [0.717, 1.165) is 32.2 Å². The summed E-state index contributed by atoms with van der Waals surface area (Å²) < 4.78 is 0. The highest BCUT2D eigenvalue weighted by Gasteiger charge is 2.24. The molecular weight excluding hydrogens is 318 g/mol. The lowest BCUT2D eigenvalue weighted by Gasteiger charge is -2.23. The second-order valence-electron chi connectivity index (χ2n) is 6.53. The zero-order chi connectivity index (χ0) is 17.4. The number of nitrogens with one attached hydrogen (secondary N) is 1. The van der Waals surface area contributed by atoms with Crippen LogP contribution < -0.4 is 0 Å². The van der Waals surface area contributed by atoms with Crippen molar-refractivity contribution in [2.24, 2.45) is 0 Å². The molecule has 2 aromatic heterocycles. The normalized spacial score (nSPS) is 12.8. The number of nitrogens with zero attached hydrogens (tertiary/aromatic N) is 2. The predicted molar refractivity (Wildman–Crippen MR) is 99.7 cm³/mol. The number of rotatable bonds is 4. The predicted octanol–water partition coefficient (Wildman–Crippen LogP) is 4.89. The number of hydrogen-bond acceptors (Lipinski definition) is 3. The quantitative estimate of drug-likeness (QED) is 0.734. The van der Waals surface area contributed by atoms with E-state index >= 15 is 0 Å². The Morgan fingerprint density at radius 1 is 1.25 bits per heavy atom. The van der Waals surface area contributed by atoms with Crippen molar-refractivity contribution in [1.82, 2.24) is 14.9 Å². The fourth-order valence-electron chi connectivity index (χ4n) is 2.73. The van der Waals surface area contributed by atoms with Crippen LogP contribution >= 0.6 is 11.3 Å². The molecule has 3 aromatic rings. The van der Waals surface area contributed by atoms with Crippen LogP contribution in [0.2, 0.25) is 0 Å². The summed E-state index contributed by atoms with van der Waals surface area (Å²) >= 11 is 1.51. The van der Waals surface area contributed by atoms with Crippen molar-refractivity contribution in [3.05, 3.63) is 51.6 Å². The van der Waals surface area contributed by atoms with Gasteiger partial charge < -0.3 is 9.88 Å². The zero-order valence-electron chi connectivity index (χ0n) is 14.8. The molecule has 0 bridgehead atoms. The molecule has 0 radical (unpaired) electrons. The van der Waals surface area contributed by atoms with Crippen LogP contribution in [0.15, 0.2) is 30.3 Å². The molecule has 0 unspecified atom stereocenters. The number of carbonyl (C=O) groups is 1. The van der Waals surface area contributed by atoms with Crippen LogP contribution in [0.1, 0.15) is 58.8 Å². The van der Waals surface area contributed by atoms with E-state index in [1.54, 1.807) is 4.90 Å². The minimum atomic E-state index is -0.0334. The van der Waals surface area contributed by atoms with Crippen LogP contribution in [-0.2, 0) is 0 Å². The maximum Gasteiger partial charge on any atom is 0.266 e. The molecule has 0 saturated heterocycles. The summed E-state index contributed by atoms with van der Waals surface area (Å²) in [5.74, 6) is 0.370. The smallest absolute Gasteiger partial charge is 0.266 e. The molecule has 1 N–H and O–H groups in total. The molecule has 0 fully saturated rings. The molecule has 126 valence electrons. The maximum absolute atomic E-state index is 12.9. The molecule has 3 rings (SSSR count). The summed E-state index contributed by atoms with van der Waals surface area (Å²) in [7, 11) is 1.85. The molecule has 1 atom stereocenters. The Bertz CT molecular complexity index is 845. The number of aryl methyl sites for hydroxylation is 1. The van der Waals surface area contributed by atoms with E-state index in [0.29, 0.717) is 5.92 Å². The Morgan fingerprint density at radius 3 is 2.58 bits per heavy atom. The number of carbonyl (C=O) groups excluding carboxylic acids is 1. The Labute approximate surface area is 146 Å². The molecule has 1 aromatic carbocycles. The van der Waals surface area contributed by atoms with Crippen LogP contribution in [0, 0.1) is 6.92 Å². The highest BCUT2D eigenvalue weighted by molar-refractivity contribution is 7.13. The minimum absolute atomic E-state index is 0.0306. The monoisotopic (exact) mass is 341 g/mol. The fraction of sp³-hybridized carbons (Fsp3) is 0.368. The van der Waals surface area contributed by atoms with E-state index in [4.69, 9.17) is 0 Å². The van der Waals surface area contributed by atoms with Gasteiger partial charge in [-0.25, -0.2) is 4.98 Å². The van der Waals surface area contributed by atoms with Crippen LogP contribution in [0.5, 0.6) is 0 Å². The van der Waals surface area contributed by atoms with Gasteiger partial charge in [-0.15, -0.1) is 11.3 Å². The third-order valence-corrected chi connectivity index (χ3v) is 5.85. The van der Waals surface area contributed by atoms with Crippen molar-refractivity contribution in [2.45, 2.75) is 39.7 Å². The Hall–Kier alpha value is -2.14. The lowest BCUT2D eigenvalue weighted by molar-refractivity contribution is 0.0744. The van der Waals surface area contributed by atoms with E-state index < -0.39 is 0 Å². The molecule has 0 aliphatic carbocycles. The van der Waals surface area contributed by atoms with Gasteiger partial charge in [0.15, 0.2) is 0 Å². The first-order valence-corrected chi connectivity index (χ1v) is 9.02. The standard InChI is InChI=1S/C19H23N3OS/c1-11(2)18-20-12(3)17(24-18)19(23)22(5)13(4)16-10-14-8-6-7-9-15(14)21-16/h6-11,13,21H,1-5H3/t13-/m1/s1. The number of thiazole rings is 1. The number of hydrogen-bond donors (Lipinski definition) is 1. The summed E-state index contributed by atoms with van der Waals surface area (Å²) in [5.41, 5.74) is 2.96. The third-order valence-electron chi connectivity index (χ3n) is 4.40. The Balaban J connectivity index is 1.87. The van der Waals surface area contributed by atoms with Crippen molar-refractivity contribution in [1.29, 1.82) is 0 Å². The van der Waals surface area contributed by atoms with Gasteiger partial charge in [-0.05, 0) is 31.4 Å². The Morgan fingerprint density at radius 2 is 1.96 bits per heavy atom. The highest BCUT2D eigenvalue weighted by atomic mass is 32.1. The number of aromatic nitrogens is 2. The topological polar surface area (TPSA) is 49.0 Å². The highest BCUT2D eigenvalue weighted by Crippen LogP contribution is 2.29. The van der Waals surface area contributed by atoms with Crippen molar-refractivity contribution < 1.29 is 4.79 Å². The van der Waals surface area contributed by atoms with Gasteiger partial charge in [0.25, 0.3) is 5.91 Å². The number of benzene rings is 1. The van der Waals surface area contributed by atoms with Gasteiger partial charge in [0.05, 0.1) is 16.7 Å². The van der Waals surface area contributed by atoms with Crippen molar-refractivity contribution in [2.75, 3.05) is 7.05 Å². The first-order chi connectivity index (χ1) is 11.4. The summed E-state index contributed by atoms with van der Waals surface area (Å²) in [6, 6.07) is 10.2. The number of para-hydroxylation sites is 1. The molecular formula is C19H23N3OS. The lowest BCUT2D eigenvalue weighted by Crippen LogP contribution is -2.29. The molecule has 5 heteroatoms. The van der Waals surface area contributed by atoms with Gasteiger partial charge in [-0.1, -0.05) is 32.0 Å². The first-order valence-electron chi connectivity index (χ1n) is 8.20. The van der Waals surface area contributed by atoms with E-state index in [1.807, 2.05) is 33.0 Å². The van der Waals surface area contributed by atoms with Gasteiger partial charge in [0.1, 0.15) is 4.88 Å². The third kappa shape index (κ3) is 2.96. The molecule has 2 heterocycles. The molecule has 1 amide bonds. The second kappa shape index (κ2) is 6.40. The summed E-state index contributed by atoms with van der Waals surface area (Å²) in [6.45, 7) is 8.16. The van der Waals surface area contributed by atoms with E-state index in [2.05, 4.69) is 42.0 Å². The van der Waals surface area contributed by atoms with Crippen LogP contribution in [-0.4, -0.2) is 27.8 Å². The van der Waals surface area contributed by atoms with Crippen LogP contribution in [0.3, 0.4) is 0 Å². The fourth-order valence-corrected chi connectivity index (χ4v) is 3.78. The number of fused-ring (bicyclic) bond motifs is 1. The van der Waals surface area contributed by atoms with E-state index in [-0.39, 0.29) is 11.9 Å². The van der Waals surface area contributed by atoms with E-state index in [1.165, 1.54) is 11.3 Å². The second-order valence-corrected chi connectivity index (χ2v) is 7.56. The Kier molecular flexibility index (Phi) is 4.45. The lowest BCUT2D eigenvalue weighted by atomic mass is 10.2. The molecule has 0 spiro atoms. The van der Waals surface area contributed by atoms with Crippen molar-refractivity contribution >= 4 is 28.1 Å².